The second kappa shape index (κ2) is 16.7. The largest absolute Gasteiger partial charge is 0.490 e. The first-order valence-electron chi connectivity index (χ1n) is 21.8. The first kappa shape index (κ1) is 43.2. The zero-order valence-electron chi connectivity index (χ0n) is 35.6. The number of rotatable bonds is 9. The zero-order valence-corrected chi connectivity index (χ0v) is 36.4. The van der Waals surface area contributed by atoms with Gasteiger partial charge in [-0.1, -0.05) is 51.8 Å². The van der Waals surface area contributed by atoms with Crippen molar-refractivity contribution in [2.75, 3.05) is 32.8 Å². The van der Waals surface area contributed by atoms with Crippen LogP contribution in [0.5, 0.6) is 11.6 Å². The van der Waals surface area contributed by atoms with Crippen LogP contribution in [-0.2, 0) is 40.3 Å². The molecule has 4 heterocycles. The van der Waals surface area contributed by atoms with Gasteiger partial charge in [-0.25, -0.2) is 18.2 Å². The summed E-state index contributed by atoms with van der Waals surface area (Å²) in [5.41, 5.74) is -0.950. The normalized spacial score (nSPS) is 31.4. The summed E-state index contributed by atoms with van der Waals surface area (Å²) in [5.74, 6) is -1.34. The molecule has 16 nitrogen and oxygen atoms in total. The van der Waals surface area contributed by atoms with Gasteiger partial charge in [-0.15, -0.1) is 6.58 Å². The lowest BCUT2D eigenvalue weighted by molar-refractivity contribution is -0.142. The van der Waals surface area contributed by atoms with E-state index in [1.807, 2.05) is 45.0 Å². The Morgan fingerprint density at radius 3 is 2.61 bits per heavy atom. The summed E-state index contributed by atoms with van der Waals surface area (Å²) < 4.78 is 52.7. The highest BCUT2D eigenvalue weighted by atomic mass is 32.2. The van der Waals surface area contributed by atoms with Crippen molar-refractivity contribution in [3.63, 3.8) is 0 Å². The smallest absolute Gasteiger partial charge is 0.408 e. The van der Waals surface area contributed by atoms with Gasteiger partial charge < -0.3 is 39.8 Å². The minimum absolute atomic E-state index is 0.0151. The Balaban J connectivity index is 1.14. The van der Waals surface area contributed by atoms with E-state index < -0.39 is 73.6 Å². The molecule has 5 fully saturated rings. The van der Waals surface area contributed by atoms with E-state index in [0.717, 1.165) is 49.6 Å². The molecular formula is C44H60N6O10S. The van der Waals surface area contributed by atoms with Crippen molar-refractivity contribution in [3.05, 3.63) is 42.5 Å². The number of fused-ring (bicyclic) bond motifs is 5. The summed E-state index contributed by atoms with van der Waals surface area (Å²) in [7, 11) is -4.02. The molecule has 4 N–H and O–H groups in total. The highest BCUT2D eigenvalue weighted by molar-refractivity contribution is 7.91. The molecule has 4 amide bonds. The monoisotopic (exact) mass is 864 g/mol. The number of carbonyl (C=O) groups excluding carboxylic acids is 4. The number of hydrogen-bond donors (Lipinski definition) is 4. The number of sulfonamides is 1. The van der Waals surface area contributed by atoms with E-state index in [1.165, 1.54) is 11.0 Å². The number of nitrogens with one attached hydrogen (secondary N) is 4. The van der Waals surface area contributed by atoms with Gasteiger partial charge in [0.15, 0.2) is 0 Å². The van der Waals surface area contributed by atoms with Gasteiger partial charge in [-0.05, 0) is 75.3 Å². The van der Waals surface area contributed by atoms with Crippen molar-refractivity contribution in [2.24, 2.45) is 17.3 Å². The SMILES string of the molecule is C=C[C@@H]1C[C@]1(NC(=O)[C@@H]1C[C@@H]2CN1C(=O)[C@H](C(C)(C)C)NC(=O)O[C@@H]1C[C@H]1CCCCCc1c(nc3ccccc3c1OC[C@H]1CNCCO1)O2)C(=O)NS(=O)(=O)C1(C)CC1. The molecule has 2 bridgehead atoms. The first-order valence-corrected chi connectivity index (χ1v) is 23.3. The number of amides is 4. The van der Waals surface area contributed by atoms with Crippen LogP contribution in [-0.4, -0.2) is 116 Å². The predicted molar refractivity (Wildman–Crippen MR) is 225 cm³/mol. The lowest BCUT2D eigenvalue weighted by atomic mass is 9.85. The first-order chi connectivity index (χ1) is 29.0. The Hall–Kier alpha value is -4.48. The lowest BCUT2D eigenvalue weighted by Gasteiger charge is -2.35. The van der Waals surface area contributed by atoms with Crippen LogP contribution in [0.1, 0.15) is 91.0 Å². The van der Waals surface area contributed by atoms with Gasteiger partial charge in [0.05, 0.1) is 29.0 Å². The fourth-order valence-corrected chi connectivity index (χ4v) is 10.2. The van der Waals surface area contributed by atoms with Gasteiger partial charge in [-0.2, -0.15) is 0 Å². The van der Waals surface area contributed by atoms with Crippen LogP contribution in [0, 0.1) is 17.3 Å². The zero-order chi connectivity index (χ0) is 43.3. The molecule has 61 heavy (non-hydrogen) atoms. The van der Waals surface area contributed by atoms with Crippen molar-refractivity contribution in [2.45, 2.75) is 133 Å². The maximum absolute atomic E-state index is 14.8. The molecule has 0 spiro atoms. The summed E-state index contributed by atoms with van der Waals surface area (Å²) >= 11 is 0. The van der Waals surface area contributed by atoms with Gasteiger partial charge in [0.1, 0.15) is 48.3 Å². The molecule has 1 aromatic carbocycles. The standard InChI is InChI=1S/C44H60N6O10S/c1-6-27-22-44(27,40(53)49-61(55,56)43(5)16-17-43)48-37(51)33-21-28-24-50(33)39(52)36(42(2,3)4)47-41(54)60-34-20-26(34)12-8-7-9-14-31-35(58-25-29-23-45-18-19-57-29)30-13-10-11-15-32(30)46-38(31)59-28/h6,10-11,13,15,26-29,33-34,36,45H,1,7-9,12,14,16-25H2,2-5H3,(H,47,54)(H,48,51)(H,49,53)/t26-,27-,28-,29-,33+,34-,36-,44-/m1/s1. The van der Waals surface area contributed by atoms with Gasteiger partial charge >= 0.3 is 6.09 Å². The van der Waals surface area contributed by atoms with Crippen LogP contribution >= 0.6 is 0 Å². The number of para-hydroxylation sites is 1. The second-order valence-electron chi connectivity index (χ2n) is 19.1. The minimum Gasteiger partial charge on any atom is -0.490 e. The van der Waals surface area contributed by atoms with Crippen LogP contribution in [0.25, 0.3) is 10.9 Å². The molecule has 3 aliphatic carbocycles. The molecule has 332 valence electrons. The van der Waals surface area contributed by atoms with Gasteiger partial charge in [-0.3, -0.25) is 19.1 Å². The number of morpholine rings is 1. The van der Waals surface area contributed by atoms with Crippen molar-refractivity contribution in [3.8, 4) is 11.6 Å². The van der Waals surface area contributed by atoms with Crippen molar-refractivity contribution < 1.29 is 46.5 Å². The van der Waals surface area contributed by atoms with Gasteiger partial charge in [0.25, 0.3) is 5.91 Å². The fraction of sp³-hybridized carbons (Fsp3) is 0.659. The summed E-state index contributed by atoms with van der Waals surface area (Å²) in [6.45, 7) is 13.2. The second-order valence-corrected chi connectivity index (χ2v) is 21.3. The van der Waals surface area contributed by atoms with Crippen molar-refractivity contribution >= 4 is 44.7 Å². The van der Waals surface area contributed by atoms with E-state index in [1.54, 1.807) is 6.92 Å². The van der Waals surface area contributed by atoms with Gasteiger partial charge in [0.2, 0.25) is 27.7 Å². The van der Waals surface area contributed by atoms with Crippen LogP contribution in [0.15, 0.2) is 36.9 Å². The number of carbonyl (C=O) groups is 4. The fourth-order valence-electron chi connectivity index (χ4n) is 8.89. The molecule has 8 rings (SSSR count). The highest BCUT2D eigenvalue weighted by Gasteiger charge is 2.63. The maximum atomic E-state index is 14.8. The molecule has 6 aliphatic rings. The molecule has 0 radical (unpaired) electrons. The highest BCUT2D eigenvalue weighted by Crippen LogP contribution is 2.47. The maximum Gasteiger partial charge on any atom is 0.408 e. The summed E-state index contributed by atoms with van der Waals surface area (Å²) in [6, 6.07) is 5.44. The van der Waals surface area contributed by atoms with Gasteiger partial charge in [0, 0.05) is 30.8 Å². The number of nitrogens with zero attached hydrogens (tertiary/aromatic N) is 2. The Bertz CT molecular complexity index is 2170. The van der Waals surface area contributed by atoms with E-state index in [0.29, 0.717) is 56.2 Å². The molecule has 3 aliphatic heterocycles. The predicted octanol–water partition coefficient (Wildman–Crippen LogP) is 3.66. The molecule has 0 unspecified atom stereocenters. The van der Waals surface area contributed by atoms with Crippen LogP contribution in [0.2, 0.25) is 0 Å². The van der Waals surface area contributed by atoms with E-state index in [4.69, 9.17) is 23.9 Å². The number of aromatic nitrogens is 1. The lowest BCUT2D eigenvalue weighted by Crippen LogP contribution is -2.60. The van der Waals surface area contributed by atoms with Crippen molar-refractivity contribution in [1.29, 1.82) is 0 Å². The average molecular weight is 865 g/mol. The molecule has 2 aromatic rings. The van der Waals surface area contributed by atoms with E-state index in [2.05, 4.69) is 27.3 Å². The van der Waals surface area contributed by atoms with Crippen LogP contribution in [0.4, 0.5) is 4.79 Å². The quantitative estimate of drug-likeness (QED) is 0.267. The van der Waals surface area contributed by atoms with E-state index in [-0.39, 0.29) is 37.5 Å². The summed E-state index contributed by atoms with van der Waals surface area (Å²) in [5, 5.41) is 9.87. The van der Waals surface area contributed by atoms with Crippen LogP contribution in [0.3, 0.4) is 0 Å². The Morgan fingerprint density at radius 1 is 1.11 bits per heavy atom. The third-order valence-corrected chi connectivity index (χ3v) is 15.5. The molecule has 3 saturated carbocycles. The number of ether oxygens (including phenoxy) is 4. The van der Waals surface area contributed by atoms with Crippen molar-refractivity contribution in [1.82, 2.24) is 30.6 Å². The van der Waals surface area contributed by atoms with Crippen LogP contribution < -0.4 is 30.1 Å². The number of pyridine rings is 1. The Morgan fingerprint density at radius 2 is 1.90 bits per heavy atom. The number of benzene rings is 1. The number of alkyl carbamates (subject to hydrolysis) is 1. The third kappa shape index (κ3) is 9.06. The average Bonchev–Trinajstić information content (AvgIpc) is 4.18. The topological polar surface area (TPSA) is 204 Å². The molecule has 8 atom stereocenters. The summed E-state index contributed by atoms with van der Waals surface area (Å²) in [6.07, 6.45) is 5.58. The molecule has 1 aromatic heterocycles. The Kier molecular flexibility index (Phi) is 11.8. The molecular weight excluding hydrogens is 805 g/mol. The van der Waals surface area contributed by atoms with E-state index in [9.17, 15) is 27.6 Å². The molecule has 2 saturated heterocycles. The van der Waals surface area contributed by atoms with E-state index >= 15 is 0 Å². The molecule has 17 heteroatoms. The number of hydrogen-bond acceptors (Lipinski definition) is 12. The minimum atomic E-state index is -4.02. The Labute approximate surface area is 357 Å². The summed E-state index contributed by atoms with van der Waals surface area (Å²) in [4.78, 5) is 63.0. The third-order valence-electron chi connectivity index (χ3n) is 13.3.